The summed E-state index contributed by atoms with van der Waals surface area (Å²) >= 11 is 0. The zero-order valence-electron chi connectivity index (χ0n) is 30.2. The third-order valence-electron chi connectivity index (χ3n) is 11.2. The Morgan fingerprint density at radius 1 is 0.963 bits per heavy atom. The number of fused-ring (bicyclic) bond motifs is 4. The number of carbonyl (C=O) groups excluding carboxylic acids is 4. The van der Waals surface area contributed by atoms with E-state index in [-0.39, 0.29) is 43.8 Å². The second-order valence-corrected chi connectivity index (χ2v) is 14.7. The van der Waals surface area contributed by atoms with Crippen LogP contribution in [-0.4, -0.2) is 114 Å². The van der Waals surface area contributed by atoms with Crippen molar-refractivity contribution in [2.45, 2.75) is 68.1 Å². The molecule has 13 heteroatoms. The van der Waals surface area contributed by atoms with Crippen molar-refractivity contribution < 1.29 is 43.3 Å². The molecule has 0 aromatic heterocycles. The quantitative estimate of drug-likeness (QED) is 0.235. The number of aliphatic hydroxyl groups excluding tert-OH is 1. The predicted molar refractivity (Wildman–Crippen MR) is 194 cm³/mol. The average Bonchev–Trinajstić information content (AvgIpc) is 3.93. The number of hydrogen-bond donors (Lipinski definition) is 2. The highest BCUT2D eigenvalue weighted by atomic mass is 16.8. The van der Waals surface area contributed by atoms with Gasteiger partial charge in [0.25, 0.3) is 0 Å². The van der Waals surface area contributed by atoms with E-state index in [1.54, 1.807) is 25.1 Å². The van der Waals surface area contributed by atoms with Crippen molar-refractivity contribution in [3.05, 3.63) is 113 Å². The van der Waals surface area contributed by atoms with E-state index in [0.717, 1.165) is 22.3 Å². The Hall–Kier alpha value is -4.92. The summed E-state index contributed by atoms with van der Waals surface area (Å²) in [6.45, 7) is 0.262. The van der Waals surface area contributed by atoms with Crippen LogP contribution in [-0.2, 0) is 50.6 Å². The largest absolute Gasteiger partial charge is 0.458 e. The molecule has 0 radical (unpaired) electrons. The lowest BCUT2D eigenvalue weighted by Gasteiger charge is -2.50. The van der Waals surface area contributed by atoms with Crippen LogP contribution in [0.1, 0.15) is 41.5 Å². The first-order chi connectivity index (χ1) is 26.2. The fourth-order valence-electron chi connectivity index (χ4n) is 8.81. The first-order valence-electron chi connectivity index (χ1n) is 18.4. The number of hydroxylamine groups is 2. The van der Waals surface area contributed by atoms with Gasteiger partial charge in [0, 0.05) is 50.8 Å². The van der Waals surface area contributed by atoms with Crippen molar-refractivity contribution in [2.75, 3.05) is 33.8 Å². The van der Waals surface area contributed by atoms with Crippen molar-refractivity contribution in [3.8, 4) is 0 Å². The van der Waals surface area contributed by atoms with Gasteiger partial charge in [-0.25, -0.2) is 0 Å². The molecule has 3 amide bonds. The van der Waals surface area contributed by atoms with E-state index in [1.165, 1.54) is 16.0 Å². The maximum absolute atomic E-state index is 15.3. The standard InChI is InChI=1S/C41H44N4O9/c1-43(2)32(47)19-18-26-11-9-12-27(23-26)25-45-35-38(49)51-31-24-40(35,39(50)44-21-10-17-30(44)37(48)42-20-22-46)36(54-45)34-33(31)52-41(53-34,28-13-5-3-6-14-28)29-15-7-4-8-16-29/h3-9,11-16,18-19,23,30-31,33-36,46H,10,17,20-22,24-25H2,1-2H3,(H,42,48). The van der Waals surface area contributed by atoms with E-state index in [1.807, 2.05) is 84.9 Å². The Morgan fingerprint density at radius 3 is 2.35 bits per heavy atom. The third-order valence-corrected chi connectivity index (χ3v) is 11.2. The topological polar surface area (TPSA) is 147 Å². The molecule has 8 rings (SSSR count). The van der Waals surface area contributed by atoms with Gasteiger partial charge < -0.3 is 34.4 Å². The van der Waals surface area contributed by atoms with Gasteiger partial charge in [0.2, 0.25) is 23.5 Å². The molecule has 4 saturated heterocycles. The molecule has 2 N–H and O–H groups in total. The van der Waals surface area contributed by atoms with Crippen molar-refractivity contribution in [1.82, 2.24) is 20.2 Å². The molecule has 5 aliphatic rings. The molecule has 54 heavy (non-hydrogen) atoms. The van der Waals surface area contributed by atoms with Crippen LogP contribution in [0.15, 0.2) is 91.0 Å². The second kappa shape index (κ2) is 14.4. The summed E-state index contributed by atoms with van der Waals surface area (Å²) in [7, 11) is 3.36. The van der Waals surface area contributed by atoms with Crippen LogP contribution in [0.2, 0.25) is 0 Å². The fourth-order valence-corrected chi connectivity index (χ4v) is 8.81. The summed E-state index contributed by atoms with van der Waals surface area (Å²) < 4.78 is 20.3. The highest BCUT2D eigenvalue weighted by molar-refractivity contribution is 5.96. The molecule has 2 bridgehead atoms. The Labute approximate surface area is 313 Å². The van der Waals surface area contributed by atoms with Crippen molar-refractivity contribution in [3.63, 3.8) is 0 Å². The van der Waals surface area contributed by atoms with Crippen LogP contribution in [0.4, 0.5) is 0 Å². The molecular weight excluding hydrogens is 692 g/mol. The molecule has 282 valence electrons. The zero-order chi connectivity index (χ0) is 37.6. The van der Waals surface area contributed by atoms with Crippen molar-refractivity contribution >= 4 is 29.8 Å². The molecule has 3 aromatic carbocycles. The fraction of sp³-hybridized carbons (Fsp3) is 0.415. The van der Waals surface area contributed by atoms with E-state index in [9.17, 15) is 19.5 Å². The van der Waals surface area contributed by atoms with Crippen LogP contribution in [0.5, 0.6) is 0 Å². The predicted octanol–water partition coefficient (Wildman–Crippen LogP) is 2.37. The van der Waals surface area contributed by atoms with E-state index >= 15 is 4.79 Å². The normalized spacial score (nSPS) is 29.5. The Balaban J connectivity index is 1.20. The van der Waals surface area contributed by atoms with Crippen LogP contribution in [0, 0.1) is 5.41 Å². The smallest absolute Gasteiger partial charge is 0.327 e. The van der Waals surface area contributed by atoms with Gasteiger partial charge in [-0.15, -0.1) is 0 Å². The Morgan fingerprint density at radius 2 is 1.67 bits per heavy atom. The number of nitrogens with one attached hydrogen (secondary N) is 1. The number of likely N-dealkylation sites (tertiary alicyclic amines) is 1. The number of rotatable bonds is 10. The first kappa shape index (κ1) is 36.1. The molecule has 5 fully saturated rings. The lowest BCUT2D eigenvalue weighted by Crippen LogP contribution is -2.70. The molecule has 0 spiro atoms. The minimum atomic E-state index is -1.48. The molecular formula is C41H44N4O9. The number of benzene rings is 3. The highest BCUT2D eigenvalue weighted by Gasteiger charge is 2.77. The molecule has 1 saturated carbocycles. The zero-order valence-corrected chi connectivity index (χ0v) is 30.2. The third kappa shape index (κ3) is 6.00. The number of likely N-dealkylation sites (N-methyl/N-ethyl adjacent to an activating group) is 1. The maximum atomic E-state index is 15.3. The lowest BCUT2D eigenvalue weighted by molar-refractivity contribution is -0.214. The van der Waals surface area contributed by atoms with Gasteiger partial charge in [-0.1, -0.05) is 84.9 Å². The van der Waals surface area contributed by atoms with Gasteiger partial charge in [0.1, 0.15) is 35.9 Å². The molecule has 1 aliphatic carbocycles. The van der Waals surface area contributed by atoms with Crippen molar-refractivity contribution in [1.29, 1.82) is 0 Å². The van der Waals surface area contributed by atoms with Gasteiger partial charge in [0.15, 0.2) is 6.04 Å². The number of aliphatic hydroxyl groups is 1. The lowest BCUT2D eigenvalue weighted by atomic mass is 9.62. The number of hydrogen-bond acceptors (Lipinski definition) is 10. The van der Waals surface area contributed by atoms with E-state index in [0.29, 0.717) is 19.4 Å². The molecule has 3 aromatic rings. The van der Waals surface area contributed by atoms with Crippen molar-refractivity contribution in [2.24, 2.45) is 5.41 Å². The minimum Gasteiger partial charge on any atom is -0.458 e. The van der Waals surface area contributed by atoms with E-state index in [4.69, 9.17) is 19.0 Å². The van der Waals surface area contributed by atoms with E-state index < -0.39 is 53.7 Å². The van der Waals surface area contributed by atoms with Crippen LogP contribution < -0.4 is 5.32 Å². The molecule has 7 atom stereocenters. The van der Waals surface area contributed by atoms with Crippen LogP contribution in [0.25, 0.3) is 6.08 Å². The summed E-state index contributed by atoms with van der Waals surface area (Å²) in [6.07, 6.45) is 0.876. The second-order valence-electron chi connectivity index (χ2n) is 14.7. The monoisotopic (exact) mass is 736 g/mol. The number of nitrogens with zero attached hydrogens (tertiary/aromatic N) is 3. The van der Waals surface area contributed by atoms with Crippen LogP contribution >= 0.6 is 0 Å². The molecule has 13 nitrogen and oxygen atoms in total. The molecule has 4 aliphatic heterocycles. The van der Waals surface area contributed by atoms with Gasteiger partial charge in [-0.05, 0) is 30.0 Å². The minimum absolute atomic E-state index is 0.0621. The summed E-state index contributed by atoms with van der Waals surface area (Å²) in [5, 5.41) is 13.6. The number of amides is 3. The van der Waals surface area contributed by atoms with Gasteiger partial charge in [0.05, 0.1) is 13.2 Å². The summed E-state index contributed by atoms with van der Waals surface area (Å²) in [5.41, 5.74) is 1.53. The van der Waals surface area contributed by atoms with Gasteiger partial charge in [-0.2, -0.15) is 5.06 Å². The number of esters is 1. The van der Waals surface area contributed by atoms with Crippen LogP contribution in [0.3, 0.4) is 0 Å². The SMILES string of the molecule is CN(C)C(=O)C=Cc1cccc(CN2OC3C4OC(c5ccccc5)(c5ccccc5)OC4C4CC3(C(=O)N3CCCC3C(=O)NCCO)C2C(=O)O4)c1. The average molecular weight is 737 g/mol. The Bertz CT molecular complexity index is 1900. The number of ether oxygens (including phenoxy) is 3. The van der Waals surface area contributed by atoms with Gasteiger partial charge in [-0.3, -0.25) is 24.0 Å². The van der Waals surface area contributed by atoms with E-state index in [2.05, 4.69) is 5.32 Å². The number of carbonyl (C=O) groups is 4. The highest BCUT2D eigenvalue weighted by Crippen LogP contribution is 2.60. The summed E-state index contributed by atoms with van der Waals surface area (Å²) in [5.74, 6) is -2.91. The summed E-state index contributed by atoms with van der Waals surface area (Å²) in [6, 6.07) is 24.7. The molecule has 7 unspecified atom stereocenters. The Kier molecular flexibility index (Phi) is 9.61. The van der Waals surface area contributed by atoms with Gasteiger partial charge >= 0.3 is 5.97 Å². The summed E-state index contributed by atoms with van der Waals surface area (Å²) in [4.78, 5) is 65.2. The maximum Gasteiger partial charge on any atom is 0.327 e. The first-order valence-corrected chi connectivity index (χ1v) is 18.4. The molecule has 4 heterocycles.